The topological polar surface area (TPSA) is 50.4 Å². The van der Waals surface area contributed by atoms with E-state index in [-0.39, 0.29) is 12.5 Å². The van der Waals surface area contributed by atoms with Crippen LogP contribution >= 0.6 is 0 Å². The van der Waals surface area contributed by atoms with Crippen molar-refractivity contribution in [2.24, 2.45) is 0 Å². The molecule has 0 unspecified atom stereocenters. The Morgan fingerprint density at radius 1 is 1.29 bits per heavy atom. The van der Waals surface area contributed by atoms with Crippen molar-refractivity contribution in [3.8, 4) is 5.75 Å². The third-order valence-electron chi connectivity index (χ3n) is 2.29. The Kier molecular flexibility index (Phi) is 5.49. The molecule has 0 saturated carbocycles. The van der Waals surface area contributed by atoms with Crippen molar-refractivity contribution in [2.75, 3.05) is 13.7 Å². The molecule has 0 spiro atoms. The predicted molar refractivity (Wildman–Crippen MR) is 68.0 cm³/mol. The minimum absolute atomic E-state index is 0.0556. The zero-order valence-electron chi connectivity index (χ0n) is 10.6. The Hall–Kier alpha value is -1.55. The Balaban J connectivity index is 2.42. The maximum atomic E-state index is 11.0. The summed E-state index contributed by atoms with van der Waals surface area (Å²) >= 11 is 0. The van der Waals surface area contributed by atoms with Crippen LogP contribution in [0.2, 0.25) is 0 Å². The summed E-state index contributed by atoms with van der Waals surface area (Å²) in [5.41, 5.74) is 1.20. The second-order valence-electron chi connectivity index (χ2n) is 4.14. The van der Waals surface area contributed by atoms with Gasteiger partial charge in [-0.15, -0.1) is 0 Å². The van der Waals surface area contributed by atoms with Gasteiger partial charge < -0.3 is 15.4 Å². The van der Waals surface area contributed by atoms with Gasteiger partial charge in [0.2, 0.25) is 0 Å². The van der Waals surface area contributed by atoms with Crippen LogP contribution in [0, 0.1) is 0 Å². The first kappa shape index (κ1) is 13.5. The number of hydrogen-bond acceptors (Lipinski definition) is 3. The van der Waals surface area contributed by atoms with Crippen molar-refractivity contribution < 1.29 is 9.53 Å². The van der Waals surface area contributed by atoms with Crippen molar-refractivity contribution in [3.05, 3.63) is 29.8 Å². The van der Waals surface area contributed by atoms with E-state index < -0.39 is 0 Å². The molecule has 0 fully saturated rings. The SMILES string of the molecule is CNC(=O)COc1ccc(CNC(C)C)cc1. The predicted octanol–water partition coefficient (Wildman–Crippen LogP) is 1.31. The van der Waals surface area contributed by atoms with Crippen LogP contribution in [-0.2, 0) is 11.3 Å². The summed E-state index contributed by atoms with van der Waals surface area (Å²) in [6.07, 6.45) is 0. The van der Waals surface area contributed by atoms with Gasteiger partial charge in [-0.05, 0) is 17.7 Å². The molecule has 1 aromatic rings. The number of carbonyl (C=O) groups is 1. The highest BCUT2D eigenvalue weighted by Crippen LogP contribution is 2.12. The third kappa shape index (κ3) is 5.36. The van der Waals surface area contributed by atoms with E-state index in [0.29, 0.717) is 11.8 Å². The van der Waals surface area contributed by atoms with Gasteiger partial charge in [0.25, 0.3) is 5.91 Å². The molecule has 0 saturated heterocycles. The van der Waals surface area contributed by atoms with Crippen molar-refractivity contribution in [2.45, 2.75) is 26.4 Å². The molecule has 0 radical (unpaired) electrons. The maximum absolute atomic E-state index is 11.0. The van der Waals surface area contributed by atoms with Crippen molar-refractivity contribution in [1.29, 1.82) is 0 Å². The molecule has 0 aliphatic rings. The molecule has 1 aromatic carbocycles. The molecular formula is C13H20N2O2. The van der Waals surface area contributed by atoms with Gasteiger partial charge >= 0.3 is 0 Å². The van der Waals surface area contributed by atoms with Gasteiger partial charge in [0.1, 0.15) is 5.75 Å². The molecule has 1 amide bonds. The highest BCUT2D eigenvalue weighted by molar-refractivity contribution is 5.77. The van der Waals surface area contributed by atoms with Crippen LogP contribution < -0.4 is 15.4 Å². The fourth-order valence-corrected chi connectivity index (χ4v) is 1.25. The van der Waals surface area contributed by atoms with Gasteiger partial charge in [-0.1, -0.05) is 26.0 Å². The van der Waals surface area contributed by atoms with E-state index in [0.717, 1.165) is 6.54 Å². The van der Waals surface area contributed by atoms with Crippen LogP contribution in [0.1, 0.15) is 19.4 Å². The lowest BCUT2D eigenvalue weighted by Gasteiger charge is -2.09. The third-order valence-corrected chi connectivity index (χ3v) is 2.29. The Morgan fingerprint density at radius 2 is 1.94 bits per heavy atom. The summed E-state index contributed by atoms with van der Waals surface area (Å²) in [6.45, 7) is 5.12. The van der Waals surface area contributed by atoms with Crippen molar-refractivity contribution in [3.63, 3.8) is 0 Å². The lowest BCUT2D eigenvalue weighted by Crippen LogP contribution is -2.24. The molecule has 0 heterocycles. The average molecular weight is 236 g/mol. The first-order chi connectivity index (χ1) is 8.11. The van der Waals surface area contributed by atoms with Gasteiger partial charge in [-0.25, -0.2) is 0 Å². The minimum Gasteiger partial charge on any atom is -0.484 e. The van der Waals surface area contributed by atoms with E-state index in [9.17, 15) is 4.79 Å². The molecule has 4 heteroatoms. The largest absolute Gasteiger partial charge is 0.484 e. The van der Waals surface area contributed by atoms with E-state index in [2.05, 4.69) is 24.5 Å². The summed E-state index contributed by atoms with van der Waals surface area (Å²) in [5, 5.41) is 5.84. The molecule has 0 aliphatic carbocycles. The van der Waals surface area contributed by atoms with Crippen LogP contribution in [0.25, 0.3) is 0 Å². The fourth-order valence-electron chi connectivity index (χ4n) is 1.25. The van der Waals surface area contributed by atoms with Gasteiger partial charge in [0.15, 0.2) is 6.61 Å². The van der Waals surface area contributed by atoms with Crippen LogP contribution in [0.15, 0.2) is 24.3 Å². The molecule has 1 rings (SSSR count). The summed E-state index contributed by atoms with van der Waals surface area (Å²) in [6, 6.07) is 8.21. The van der Waals surface area contributed by atoms with E-state index in [1.807, 2.05) is 24.3 Å². The number of benzene rings is 1. The smallest absolute Gasteiger partial charge is 0.257 e. The van der Waals surface area contributed by atoms with Gasteiger partial charge in [0.05, 0.1) is 0 Å². The van der Waals surface area contributed by atoms with E-state index in [4.69, 9.17) is 4.74 Å². The summed E-state index contributed by atoms with van der Waals surface area (Å²) in [4.78, 5) is 11.0. The summed E-state index contributed by atoms with van der Waals surface area (Å²) in [7, 11) is 1.59. The lowest BCUT2D eigenvalue weighted by molar-refractivity contribution is -0.122. The molecule has 0 atom stereocenters. The Bertz CT molecular complexity index is 347. The summed E-state index contributed by atoms with van der Waals surface area (Å²) in [5.74, 6) is 0.581. The molecule has 94 valence electrons. The maximum Gasteiger partial charge on any atom is 0.257 e. The summed E-state index contributed by atoms with van der Waals surface area (Å²) < 4.78 is 5.31. The van der Waals surface area contributed by atoms with Crippen LogP contribution in [0.3, 0.4) is 0 Å². The lowest BCUT2D eigenvalue weighted by atomic mass is 10.2. The molecular weight excluding hydrogens is 216 g/mol. The van der Waals surface area contributed by atoms with E-state index in [1.54, 1.807) is 7.05 Å². The molecule has 0 aromatic heterocycles. The number of carbonyl (C=O) groups excluding carboxylic acids is 1. The molecule has 4 nitrogen and oxygen atoms in total. The number of rotatable bonds is 6. The monoisotopic (exact) mass is 236 g/mol. The fraction of sp³-hybridized carbons (Fsp3) is 0.462. The van der Waals surface area contributed by atoms with Gasteiger partial charge in [-0.2, -0.15) is 0 Å². The Labute approximate surface area is 102 Å². The molecule has 2 N–H and O–H groups in total. The van der Waals surface area contributed by atoms with Crippen LogP contribution in [0.4, 0.5) is 0 Å². The molecule has 0 aliphatic heterocycles. The first-order valence-electron chi connectivity index (χ1n) is 5.77. The number of ether oxygens (including phenoxy) is 1. The van der Waals surface area contributed by atoms with E-state index in [1.165, 1.54) is 5.56 Å². The highest BCUT2D eigenvalue weighted by atomic mass is 16.5. The number of nitrogens with one attached hydrogen (secondary N) is 2. The first-order valence-corrected chi connectivity index (χ1v) is 5.77. The van der Waals surface area contributed by atoms with Crippen LogP contribution in [0.5, 0.6) is 5.75 Å². The number of hydrogen-bond donors (Lipinski definition) is 2. The number of amides is 1. The second kappa shape index (κ2) is 6.91. The standard InChI is InChI=1S/C13H20N2O2/c1-10(2)15-8-11-4-6-12(7-5-11)17-9-13(16)14-3/h4-7,10,15H,8-9H2,1-3H3,(H,14,16). The average Bonchev–Trinajstić information content (AvgIpc) is 2.34. The zero-order chi connectivity index (χ0) is 12.7. The van der Waals surface area contributed by atoms with Gasteiger partial charge in [0, 0.05) is 19.6 Å². The van der Waals surface area contributed by atoms with E-state index >= 15 is 0 Å². The van der Waals surface area contributed by atoms with Crippen molar-refractivity contribution in [1.82, 2.24) is 10.6 Å². The van der Waals surface area contributed by atoms with Gasteiger partial charge in [-0.3, -0.25) is 4.79 Å². The minimum atomic E-state index is -0.129. The Morgan fingerprint density at radius 3 is 2.47 bits per heavy atom. The quantitative estimate of drug-likeness (QED) is 0.783. The second-order valence-corrected chi connectivity index (χ2v) is 4.14. The highest BCUT2D eigenvalue weighted by Gasteiger charge is 2.00. The molecule has 17 heavy (non-hydrogen) atoms. The number of likely N-dealkylation sites (N-methyl/N-ethyl adjacent to an activating group) is 1. The zero-order valence-corrected chi connectivity index (χ0v) is 10.6. The van der Waals surface area contributed by atoms with Crippen LogP contribution in [-0.4, -0.2) is 25.6 Å². The molecule has 0 bridgehead atoms. The van der Waals surface area contributed by atoms with Crippen molar-refractivity contribution >= 4 is 5.91 Å². The normalized spacial score (nSPS) is 10.4.